The monoisotopic (exact) mass is 263 g/mol. The minimum absolute atomic E-state index is 0.364. The van der Waals surface area contributed by atoms with Crippen molar-refractivity contribution < 1.29 is 14.3 Å². The van der Waals surface area contributed by atoms with Gasteiger partial charge in [-0.15, -0.1) is 0 Å². The van der Waals surface area contributed by atoms with E-state index in [2.05, 4.69) is 4.74 Å². The van der Waals surface area contributed by atoms with Crippen molar-refractivity contribution >= 4 is 5.97 Å². The Morgan fingerprint density at radius 3 is 2.53 bits per heavy atom. The smallest absolute Gasteiger partial charge is 0.322 e. The lowest BCUT2D eigenvalue weighted by Gasteiger charge is -2.14. The molecule has 2 N–H and O–H groups in total. The molecule has 4 heteroatoms. The highest BCUT2D eigenvalue weighted by Gasteiger charge is 2.17. The zero-order valence-corrected chi connectivity index (χ0v) is 11.3. The van der Waals surface area contributed by atoms with Crippen LogP contribution in [0.25, 0.3) is 0 Å². The number of esters is 1. The molecule has 1 aliphatic carbocycles. The Labute approximate surface area is 113 Å². The summed E-state index contributed by atoms with van der Waals surface area (Å²) >= 11 is 0. The third-order valence-electron chi connectivity index (χ3n) is 3.49. The summed E-state index contributed by atoms with van der Waals surface area (Å²) in [5, 5.41) is 0. The van der Waals surface area contributed by atoms with Crippen LogP contribution in [0.5, 0.6) is 5.75 Å². The molecule has 2 rings (SSSR count). The quantitative estimate of drug-likeness (QED) is 0.826. The maximum Gasteiger partial charge on any atom is 0.322 e. The van der Waals surface area contributed by atoms with Gasteiger partial charge in [-0.2, -0.15) is 0 Å². The van der Waals surface area contributed by atoms with Crippen molar-refractivity contribution in [3.63, 3.8) is 0 Å². The summed E-state index contributed by atoms with van der Waals surface area (Å²) in [6.45, 7) is 0. The van der Waals surface area contributed by atoms with Crippen LogP contribution in [-0.2, 0) is 16.0 Å². The molecule has 0 spiro atoms. The van der Waals surface area contributed by atoms with Gasteiger partial charge in [0.1, 0.15) is 11.8 Å². The molecule has 1 saturated carbocycles. The fourth-order valence-electron chi connectivity index (χ4n) is 2.39. The molecule has 104 valence electrons. The second kappa shape index (κ2) is 6.57. The third-order valence-corrected chi connectivity index (χ3v) is 3.49. The summed E-state index contributed by atoms with van der Waals surface area (Å²) in [6.07, 6.45) is 5.66. The average molecular weight is 263 g/mol. The SMILES string of the molecule is COC(=O)C(N)Cc1ccc(OC2CCCC2)cc1. The first-order chi connectivity index (χ1) is 9.19. The van der Waals surface area contributed by atoms with Crippen LogP contribution in [0.1, 0.15) is 31.2 Å². The molecule has 0 amide bonds. The average Bonchev–Trinajstić information content (AvgIpc) is 2.93. The van der Waals surface area contributed by atoms with Gasteiger partial charge in [-0.05, 0) is 49.8 Å². The number of nitrogens with two attached hydrogens (primary N) is 1. The molecule has 0 heterocycles. The van der Waals surface area contributed by atoms with Gasteiger partial charge in [-0.25, -0.2) is 0 Å². The number of hydrogen-bond acceptors (Lipinski definition) is 4. The Balaban J connectivity index is 1.88. The largest absolute Gasteiger partial charge is 0.490 e. The van der Waals surface area contributed by atoms with Crippen molar-refractivity contribution in [2.24, 2.45) is 5.73 Å². The van der Waals surface area contributed by atoms with Gasteiger partial charge in [0.05, 0.1) is 13.2 Å². The molecule has 1 atom stereocenters. The van der Waals surface area contributed by atoms with Crippen LogP contribution in [0.4, 0.5) is 0 Å². The van der Waals surface area contributed by atoms with Crippen LogP contribution in [0.3, 0.4) is 0 Å². The van der Waals surface area contributed by atoms with E-state index in [1.807, 2.05) is 24.3 Å². The first kappa shape index (κ1) is 13.9. The molecule has 0 radical (unpaired) electrons. The third kappa shape index (κ3) is 3.96. The summed E-state index contributed by atoms with van der Waals surface area (Å²) < 4.78 is 10.5. The van der Waals surface area contributed by atoms with Crippen molar-refractivity contribution in [3.05, 3.63) is 29.8 Å². The highest BCUT2D eigenvalue weighted by molar-refractivity contribution is 5.75. The molecular formula is C15H21NO3. The van der Waals surface area contributed by atoms with Gasteiger partial charge < -0.3 is 15.2 Å². The molecule has 0 aromatic heterocycles. The number of ether oxygens (including phenoxy) is 2. The Kier molecular flexibility index (Phi) is 4.80. The van der Waals surface area contributed by atoms with E-state index in [0.29, 0.717) is 12.5 Å². The van der Waals surface area contributed by atoms with Crippen LogP contribution >= 0.6 is 0 Å². The standard InChI is InChI=1S/C15H21NO3/c1-18-15(17)14(16)10-11-6-8-13(9-7-11)19-12-4-2-3-5-12/h6-9,12,14H,2-5,10,16H2,1H3. The molecular weight excluding hydrogens is 242 g/mol. The molecule has 1 aliphatic rings. The van der Waals surface area contributed by atoms with Crippen LogP contribution in [0.2, 0.25) is 0 Å². The Hall–Kier alpha value is -1.55. The highest BCUT2D eigenvalue weighted by atomic mass is 16.5. The lowest BCUT2D eigenvalue weighted by Crippen LogP contribution is -2.33. The lowest BCUT2D eigenvalue weighted by molar-refractivity contribution is -0.142. The van der Waals surface area contributed by atoms with Crippen LogP contribution in [0, 0.1) is 0 Å². The molecule has 1 fully saturated rings. The van der Waals surface area contributed by atoms with Gasteiger partial charge in [0.2, 0.25) is 0 Å². The van der Waals surface area contributed by atoms with Gasteiger partial charge in [0.25, 0.3) is 0 Å². The Morgan fingerprint density at radius 1 is 1.32 bits per heavy atom. The summed E-state index contributed by atoms with van der Waals surface area (Å²) in [5.41, 5.74) is 6.73. The van der Waals surface area contributed by atoms with Gasteiger partial charge in [0.15, 0.2) is 0 Å². The Morgan fingerprint density at radius 2 is 1.95 bits per heavy atom. The molecule has 1 aromatic carbocycles. The van der Waals surface area contributed by atoms with Crippen molar-refractivity contribution in [1.82, 2.24) is 0 Å². The number of rotatable bonds is 5. The van der Waals surface area contributed by atoms with E-state index < -0.39 is 6.04 Å². The predicted molar refractivity (Wildman–Crippen MR) is 73.0 cm³/mol. The van der Waals surface area contributed by atoms with Gasteiger partial charge in [0, 0.05) is 0 Å². The minimum Gasteiger partial charge on any atom is -0.490 e. The molecule has 0 aliphatic heterocycles. The molecule has 0 saturated heterocycles. The second-order valence-electron chi connectivity index (χ2n) is 5.00. The zero-order valence-electron chi connectivity index (χ0n) is 11.3. The van der Waals surface area contributed by atoms with Gasteiger partial charge in [-0.1, -0.05) is 12.1 Å². The van der Waals surface area contributed by atoms with Crippen LogP contribution < -0.4 is 10.5 Å². The summed E-state index contributed by atoms with van der Waals surface area (Å²) in [4.78, 5) is 11.2. The second-order valence-corrected chi connectivity index (χ2v) is 5.00. The normalized spacial score (nSPS) is 17.2. The number of benzene rings is 1. The van der Waals surface area contributed by atoms with E-state index in [9.17, 15) is 4.79 Å². The summed E-state index contributed by atoms with van der Waals surface area (Å²) in [7, 11) is 1.35. The number of carbonyl (C=O) groups is 1. The van der Waals surface area contributed by atoms with Crippen molar-refractivity contribution in [3.8, 4) is 5.75 Å². The number of methoxy groups -OCH3 is 1. The van der Waals surface area contributed by atoms with E-state index >= 15 is 0 Å². The van der Waals surface area contributed by atoms with E-state index in [1.165, 1.54) is 20.0 Å². The lowest BCUT2D eigenvalue weighted by atomic mass is 10.1. The maximum absolute atomic E-state index is 11.2. The molecule has 0 bridgehead atoms. The zero-order chi connectivity index (χ0) is 13.7. The maximum atomic E-state index is 11.2. The first-order valence-corrected chi connectivity index (χ1v) is 6.78. The van der Waals surface area contributed by atoms with Gasteiger partial charge in [-0.3, -0.25) is 4.79 Å². The Bertz CT molecular complexity index is 410. The molecule has 1 aromatic rings. The van der Waals surface area contributed by atoms with Crippen LogP contribution in [0.15, 0.2) is 24.3 Å². The summed E-state index contributed by atoms with van der Waals surface area (Å²) in [5.74, 6) is 0.508. The van der Waals surface area contributed by atoms with Crippen LogP contribution in [-0.4, -0.2) is 25.2 Å². The van der Waals surface area contributed by atoms with Crippen molar-refractivity contribution in [2.75, 3.05) is 7.11 Å². The fourth-order valence-corrected chi connectivity index (χ4v) is 2.39. The molecule has 4 nitrogen and oxygen atoms in total. The molecule has 19 heavy (non-hydrogen) atoms. The number of carbonyl (C=O) groups excluding carboxylic acids is 1. The molecule has 1 unspecified atom stereocenters. The van der Waals surface area contributed by atoms with E-state index in [1.54, 1.807) is 0 Å². The minimum atomic E-state index is -0.605. The van der Waals surface area contributed by atoms with Crippen molar-refractivity contribution in [1.29, 1.82) is 0 Å². The van der Waals surface area contributed by atoms with E-state index in [4.69, 9.17) is 10.5 Å². The summed E-state index contributed by atoms with van der Waals surface area (Å²) in [6, 6.07) is 7.18. The fraction of sp³-hybridized carbons (Fsp3) is 0.533. The van der Waals surface area contributed by atoms with Gasteiger partial charge >= 0.3 is 5.97 Å². The topological polar surface area (TPSA) is 61.5 Å². The van der Waals surface area contributed by atoms with E-state index in [0.717, 1.165) is 24.2 Å². The predicted octanol–water partition coefficient (Wildman–Crippen LogP) is 2.05. The highest BCUT2D eigenvalue weighted by Crippen LogP contribution is 2.24. The van der Waals surface area contributed by atoms with Crippen molar-refractivity contribution in [2.45, 2.75) is 44.2 Å². The first-order valence-electron chi connectivity index (χ1n) is 6.78. The van der Waals surface area contributed by atoms with E-state index in [-0.39, 0.29) is 5.97 Å². The number of hydrogen-bond donors (Lipinski definition) is 1.